The minimum atomic E-state index is -0.800. The van der Waals surface area contributed by atoms with Crippen molar-refractivity contribution in [2.24, 2.45) is 5.73 Å². The molecule has 102 valence electrons. The number of fused-ring (bicyclic) bond motifs is 1. The first kappa shape index (κ1) is 13.9. The number of anilines is 1. The third-order valence-electron chi connectivity index (χ3n) is 2.17. The van der Waals surface area contributed by atoms with Crippen LogP contribution in [0.3, 0.4) is 0 Å². The number of amides is 1. The van der Waals surface area contributed by atoms with Crippen LogP contribution >= 0.6 is 27.3 Å². The summed E-state index contributed by atoms with van der Waals surface area (Å²) in [4.78, 5) is 15.0. The van der Waals surface area contributed by atoms with Gasteiger partial charge in [0, 0.05) is 0 Å². The first-order chi connectivity index (χ1) is 8.85. The molecule has 0 radical (unpaired) electrons. The van der Waals surface area contributed by atoms with E-state index in [-0.39, 0.29) is 0 Å². The second-order valence-electron chi connectivity index (χ2n) is 4.41. The number of thiazole rings is 1. The van der Waals surface area contributed by atoms with Crippen LogP contribution in [0.25, 0.3) is 10.3 Å². The number of nitrogens with zero attached hydrogens (tertiary/aromatic N) is 3. The number of ether oxygens (including phenoxy) is 1. The predicted molar refractivity (Wildman–Crippen MR) is 76.1 cm³/mol. The smallest absolute Gasteiger partial charge is 0.405 e. The maximum absolute atomic E-state index is 10.7. The van der Waals surface area contributed by atoms with E-state index in [2.05, 4.69) is 36.4 Å². The molecule has 3 N–H and O–H groups in total. The van der Waals surface area contributed by atoms with E-state index >= 15 is 0 Å². The summed E-state index contributed by atoms with van der Waals surface area (Å²) in [6, 6.07) is 1.84. The van der Waals surface area contributed by atoms with Crippen molar-refractivity contribution in [3.63, 3.8) is 0 Å². The van der Waals surface area contributed by atoms with Crippen LogP contribution in [0.2, 0.25) is 0 Å². The molecule has 1 amide bonds. The quantitative estimate of drug-likeness (QED) is 0.879. The van der Waals surface area contributed by atoms with Crippen molar-refractivity contribution < 1.29 is 9.53 Å². The monoisotopic (exact) mass is 345 g/mol. The highest BCUT2D eigenvalue weighted by molar-refractivity contribution is 9.10. The Kier molecular flexibility index (Phi) is 3.85. The first-order valence-electron chi connectivity index (χ1n) is 5.38. The molecule has 9 heteroatoms. The summed E-state index contributed by atoms with van der Waals surface area (Å²) in [6.07, 6.45) is -0.800. The van der Waals surface area contributed by atoms with E-state index in [0.29, 0.717) is 21.9 Å². The lowest BCUT2D eigenvalue weighted by atomic mass is 10.1. The number of carbonyl (C=O) groups excluding carboxylic acids is 1. The Hall–Kier alpha value is -1.48. The lowest BCUT2D eigenvalue weighted by molar-refractivity contribution is 0.0554. The molecule has 0 saturated heterocycles. The topological polar surface area (TPSA) is 103 Å². The Morgan fingerprint density at radius 2 is 2.32 bits per heavy atom. The fraction of sp³-hybridized carbons (Fsp3) is 0.400. The Morgan fingerprint density at radius 3 is 3.00 bits per heavy atom. The summed E-state index contributed by atoms with van der Waals surface area (Å²) in [5.41, 5.74) is 4.86. The van der Waals surface area contributed by atoms with Crippen molar-refractivity contribution in [1.82, 2.24) is 15.2 Å². The summed E-state index contributed by atoms with van der Waals surface area (Å²) in [7, 11) is 0. The van der Waals surface area contributed by atoms with E-state index in [1.807, 2.05) is 6.07 Å². The number of primary amides is 1. The molecule has 0 spiro atoms. The average molecular weight is 346 g/mol. The Labute approximate surface area is 121 Å². The average Bonchev–Trinajstić information content (AvgIpc) is 2.66. The van der Waals surface area contributed by atoms with Gasteiger partial charge in [0.05, 0.1) is 11.2 Å². The van der Waals surface area contributed by atoms with Gasteiger partial charge in [0.25, 0.3) is 0 Å². The minimum absolute atomic E-state index is 0.393. The third-order valence-corrected chi connectivity index (χ3v) is 3.50. The van der Waals surface area contributed by atoms with Gasteiger partial charge in [-0.3, -0.25) is 0 Å². The zero-order valence-electron chi connectivity index (χ0n) is 10.3. The van der Waals surface area contributed by atoms with Crippen LogP contribution in [-0.2, 0) is 4.74 Å². The van der Waals surface area contributed by atoms with Gasteiger partial charge in [-0.1, -0.05) is 11.3 Å². The van der Waals surface area contributed by atoms with E-state index in [9.17, 15) is 4.79 Å². The Bertz CT molecular complexity index is 615. The second kappa shape index (κ2) is 5.25. The highest BCUT2D eigenvalue weighted by Gasteiger charge is 2.22. The number of aromatic nitrogens is 3. The van der Waals surface area contributed by atoms with E-state index in [4.69, 9.17) is 10.5 Å². The van der Waals surface area contributed by atoms with E-state index in [1.165, 1.54) is 11.3 Å². The lowest BCUT2D eigenvalue weighted by Gasteiger charge is -2.23. The van der Waals surface area contributed by atoms with Crippen molar-refractivity contribution in [3.05, 3.63) is 10.7 Å². The van der Waals surface area contributed by atoms with E-state index in [1.54, 1.807) is 13.8 Å². The van der Waals surface area contributed by atoms with Gasteiger partial charge >= 0.3 is 6.09 Å². The van der Waals surface area contributed by atoms with Gasteiger partial charge in [-0.15, -0.1) is 10.2 Å². The van der Waals surface area contributed by atoms with Crippen molar-refractivity contribution in [3.8, 4) is 0 Å². The van der Waals surface area contributed by atoms with E-state index < -0.39 is 11.7 Å². The van der Waals surface area contributed by atoms with Crippen molar-refractivity contribution in [1.29, 1.82) is 0 Å². The molecule has 0 unspecified atom stereocenters. The molecule has 2 rings (SSSR count). The molecule has 7 nitrogen and oxygen atoms in total. The summed E-state index contributed by atoms with van der Waals surface area (Å²) in [6.45, 7) is 3.91. The standard InChI is InChI=1S/C10H12BrN5O2S/c1-10(2,18-8(12)17)4-13-9-14-7-5(19-9)3-6(11)15-16-7/h3H,4H2,1-2H3,(H2,12,17)(H,13,14,16). The molecule has 0 atom stereocenters. The highest BCUT2D eigenvalue weighted by atomic mass is 79.9. The molecule has 2 aromatic heterocycles. The van der Waals surface area contributed by atoms with Gasteiger partial charge < -0.3 is 15.8 Å². The van der Waals surface area contributed by atoms with Crippen LogP contribution < -0.4 is 11.1 Å². The summed E-state index contributed by atoms with van der Waals surface area (Å²) in [5.74, 6) is 0. The van der Waals surface area contributed by atoms with Crippen LogP contribution in [0.4, 0.5) is 9.93 Å². The molecule has 0 bridgehead atoms. The van der Waals surface area contributed by atoms with Crippen molar-refractivity contribution in [2.45, 2.75) is 19.4 Å². The van der Waals surface area contributed by atoms with Crippen LogP contribution in [-0.4, -0.2) is 33.4 Å². The van der Waals surface area contributed by atoms with Gasteiger partial charge in [-0.2, -0.15) is 4.98 Å². The SMILES string of the molecule is CC(C)(CNc1nc2nnc(Br)cc2s1)OC(N)=O. The predicted octanol–water partition coefficient (Wildman–Crippen LogP) is 2.13. The molecular weight excluding hydrogens is 334 g/mol. The highest BCUT2D eigenvalue weighted by Crippen LogP contribution is 2.26. The number of hydrogen-bond acceptors (Lipinski definition) is 7. The molecule has 0 aliphatic rings. The van der Waals surface area contributed by atoms with Crippen LogP contribution in [0.1, 0.15) is 13.8 Å². The number of nitrogens with two attached hydrogens (primary N) is 1. The number of hydrogen-bond donors (Lipinski definition) is 2. The zero-order chi connectivity index (χ0) is 14.0. The Morgan fingerprint density at radius 1 is 1.58 bits per heavy atom. The summed E-state index contributed by atoms with van der Waals surface area (Å²) >= 11 is 4.70. The fourth-order valence-electron chi connectivity index (χ4n) is 1.39. The summed E-state index contributed by atoms with van der Waals surface area (Å²) < 4.78 is 6.54. The van der Waals surface area contributed by atoms with Gasteiger partial charge in [0.1, 0.15) is 10.2 Å². The van der Waals surface area contributed by atoms with Crippen molar-refractivity contribution in [2.75, 3.05) is 11.9 Å². The van der Waals surface area contributed by atoms with Gasteiger partial charge in [0.2, 0.25) is 0 Å². The summed E-state index contributed by atoms with van der Waals surface area (Å²) in [5, 5.41) is 11.6. The van der Waals surface area contributed by atoms with Gasteiger partial charge in [-0.05, 0) is 35.8 Å². The molecule has 2 aromatic rings. The molecule has 0 aromatic carbocycles. The molecule has 0 fully saturated rings. The van der Waals surface area contributed by atoms with Gasteiger partial charge in [0.15, 0.2) is 10.8 Å². The van der Waals surface area contributed by atoms with Crippen LogP contribution in [0.15, 0.2) is 10.7 Å². The Balaban J connectivity index is 2.07. The van der Waals surface area contributed by atoms with Gasteiger partial charge in [-0.25, -0.2) is 4.79 Å². The normalized spacial score (nSPS) is 11.5. The maximum Gasteiger partial charge on any atom is 0.405 e. The van der Waals surface area contributed by atoms with Crippen LogP contribution in [0.5, 0.6) is 0 Å². The number of halogens is 1. The number of nitrogens with one attached hydrogen (secondary N) is 1. The molecule has 19 heavy (non-hydrogen) atoms. The minimum Gasteiger partial charge on any atom is -0.442 e. The molecular formula is C10H12BrN5O2S. The zero-order valence-corrected chi connectivity index (χ0v) is 12.7. The first-order valence-corrected chi connectivity index (χ1v) is 6.99. The lowest BCUT2D eigenvalue weighted by Crippen LogP contribution is -2.37. The third kappa shape index (κ3) is 3.74. The van der Waals surface area contributed by atoms with E-state index in [0.717, 1.165) is 4.70 Å². The molecule has 2 heterocycles. The maximum atomic E-state index is 10.7. The second-order valence-corrected chi connectivity index (χ2v) is 6.25. The number of carbonyl (C=O) groups is 1. The molecule has 0 saturated carbocycles. The largest absolute Gasteiger partial charge is 0.442 e. The number of rotatable bonds is 4. The molecule has 0 aliphatic carbocycles. The van der Waals surface area contributed by atoms with Crippen LogP contribution in [0, 0.1) is 0 Å². The fourth-order valence-corrected chi connectivity index (χ4v) is 2.69. The van der Waals surface area contributed by atoms with Crippen molar-refractivity contribution >= 4 is 48.8 Å². The molecule has 0 aliphatic heterocycles.